The minimum Gasteiger partial charge on any atom is -0.486 e. The first-order valence-corrected chi connectivity index (χ1v) is 10.8. The van der Waals surface area contributed by atoms with Gasteiger partial charge in [-0.15, -0.1) is 0 Å². The Morgan fingerprint density at radius 3 is 2.55 bits per heavy atom. The molecule has 0 bridgehead atoms. The highest BCUT2D eigenvalue weighted by atomic mass is 35.5. The number of hydrogen-bond donors (Lipinski definition) is 1. The van der Waals surface area contributed by atoms with Crippen molar-refractivity contribution >= 4 is 29.0 Å². The molecular formula is C23H24ClFN2O4. The summed E-state index contributed by atoms with van der Waals surface area (Å²) in [7, 11) is 0. The molecule has 2 aromatic carbocycles. The van der Waals surface area contributed by atoms with Gasteiger partial charge in [0.1, 0.15) is 19.0 Å². The molecule has 6 nitrogen and oxygen atoms in total. The molecule has 8 heteroatoms. The van der Waals surface area contributed by atoms with Crippen LogP contribution >= 0.6 is 11.6 Å². The molecule has 2 aliphatic heterocycles. The van der Waals surface area contributed by atoms with E-state index in [-0.39, 0.29) is 34.7 Å². The molecule has 2 heterocycles. The van der Waals surface area contributed by atoms with Crippen molar-refractivity contribution < 1.29 is 23.5 Å². The highest BCUT2D eigenvalue weighted by molar-refractivity contribution is 6.30. The Morgan fingerprint density at radius 1 is 1.06 bits per heavy atom. The number of carbonyl (C=O) groups excluding carboxylic acids is 2. The van der Waals surface area contributed by atoms with Gasteiger partial charge in [-0.1, -0.05) is 11.6 Å². The lowest BCUT2D eigenvalue weighted by Crippen LogP contribution is -2.38. The van der Waals surface area contributed by atoms with Crippen LogP contribution in [0.2, 0.25) is 5.02 Å². The maximum Gasteiger partial charge on any atom is 0.225 e. The number of piperidine rings is 1. The number of ether oxygens (including phenoxy) is 2. The number of rotatable bonds is 6. The Kier molecular flexibility index (Phi) is 6.73. The first-order chi connectivity index (χ1) is 15.0. The second-order valence-electron chi connectivity index (χ2n) is 7.76. The summed E-state index contributed by atoms with van der Waals surface area (Å²) >= 11 is 5.73. The van der Waals surface area contributed by atoms with Crippen LogP contribution in [0.1, 0.15) is 29.6 Å². The van der Waals surface area contributed by atoms with Gasteiger partial charge in [0.15, 0.2) is 17.3 Å². The predicted octanol–water partition coefficient (Wildman–Crippen LogP) is 4.17. The number of carbonyl (C=O) groups is 2. The van der Waals surface area contributed by atoms with Crippen molar-refractivity contribution in [3.05, 3.63) is 52.8 Å². The summed E-state index contributed by atoms with van der Waals surface area (Å²) in [5, 5.41) is 2.86. The molecule has 0 aromatic heterocycles. The number of nitrogens with zero attached hydrogens (tertiary/aromatic N) is 1. The van der Waals surface area contributed by atoms with Crippen molar-refractivity contribution in [1.29, 1.82) is 0 Å². The van der Waals surface area contributed by atoms with Crippen LogP contribution < -0.4 is 14.8 Å². The monoisotopic (exact) mass is 446 g/mol. The molecule has 164 valence electrons. The number of ketones is 1. The molecule has 0 spiro atoms. The largest absolute Gasteiger partial charge is 0.486 e. The fraction of sp³-hybridized carbons (Fsp3) is 0.391. The smallest absolute Gasteiger partial charge is 0.225 e. The van der Waals surface area contributed by atoms with E-state index in [1.165, 1.54) is 18.2 Å². The van der Waals surface area contributed by atoms with Crippen molar-refractivity contribution in [3.8, 4) is 11.5 Å². The van der Waals surface area contributed by atoms with Gasteiger partial charge in [-0.3, -0.25) is 9.59 Å². The molecule has 1 fully saturated rings. The van der Waals surface area contributed by atoms with Gasteiger partial charge in [-0.05, 0) is 62.3 Å². The van der Waals surface area contributed by atoms with Crippen LogP contribution in [0.5, 0.6) is 11.5 Å². The molecule has 0 unspecified atom stereocenters. The fourth-order valence-corrected chi connectivity index (χ4v) is 4.07. The predicted molar refractivity (Wildman–Crippen MR) is 116 cm³/mol. The molecule has 0 saturated carbocycles. The number of nitrogens with one attached hydrogen (secondary N) is 1. The van der Waals surface area contributed by atoms with E-state index in [4.69, 9.17) is 21.1 Å². The van der Waals surface area contributed by atoms with E-state index >= 15 is 0 Å². The maximum absolute atomic E-state index is 13.8. The first kappa shape index (κ1) is 21.6. The molecule has 4 rings (SSSR count). The van der Waals surface area contributed by atoms with E-state index in [0.717, 1.165) is 25.9 Å². The molecule has 1 amide bonds. The van der Waals surface area contributed by atoms with E-state index in [9.17, 15) is 14.0 Å². The van der Waals surface area contributed by atoms with E-state index in [0.29, 0.717) is 36.8 Å². The number of hydrogen-bond acceptors (Lipinski definition) is 5. The number of likely N-dealkylation sites (tertiary alicyclic amines) is 1. The fourth-order valence-electron chi connectivity index (χ4n) is 3.91. The molecule has 0 atom stereocenters. The molecule has 1 N–H and O–H groups in total. The molecule has 2 aromatic rings. The second-order valence-corrected chi connectivity index (χ2v) is 8.20. The molecule has 31 heavy (non-hydrogen) atoms. The van der Waals surface area contributed by atoms with E-state index in [1.54, 1.807) is 18.2 Å². The molecule has 0 aliphatic carbocycles. The number of fused-ring (bicyclic) bond motifs is 1. The van der Waals surface area contributed by atoms with E-state index < -0.39 is 5.82 Å². The average molecular weight is 447 g/mol. The summed E-state index contributed by atoms with van der Waals surface area (Å²) < 4.78 is 24.9. The number of anilines is 1. The third kappa shape index (κ3) is 5.35. The van der Waals surface area contributed by atoms with Gasteiger partial charge >= 0.3 is 0 Å². The van der Waals surface area contributed by atoms with Crippen molar-refractivity contribution in [2.24, 2.45) is 5.92 Å². The third-order valence-corrected chi connectivity index (χ3v) is 5.88. The first-order valence-electron chi connectivity index (χ1n) is 10.4. The van der Waals surface area contributed by atoms with Gasteiger partial charge in [-0.25, -0.2) is 4.39 Å². The number of Topliss-reactive ketones (excluding diaryl/α,β-unsaturated/α-hetero) is 1. The van der Waals surface area contributed by atoms with Crippen LogP contribution in [0.3, 0.4) is 0 Å². The lowest BCUT2D eigenvalue weighted by molar-refractivity contribution is -0.116. The summed E-state index contributed by atoms with van der Waals surface area (Å²) in [5.74, 6) is 0.561. The van der Waals surface area contributed by atoms with Gasteiger partial charge < -0.3 is 19.7 Å². The Morgan fingerprint density at radius 2 is 1.81 bits per heavy atom. The van der Waals surface area contributed by atoms with Gasteiger partial charge in [0, 0.05) is 29.5 Å². The Labute approximate surface area is 185 Å². The Hall–Kier alpha value is -2.64. The van der Waals surface area contributed by atoms with E-state index in [1.807, 2.05) is 0 Å². The lowest BCUT2D eigenvalue weighted by Gasteiger charge is -2.31. The van der Waals surface area contributed by atoms with Gasteiger partial charge in [0.05, 0.1) is 5.69 Å². The quantitative estimate of drug-likeness (QED) is 0.674. The molecular weight excluding hydrogens is 423 g/mol. The highest BCUT2D eigenvalue weighted by Gasteiger charge is 2.27. The summed E-state index contributed by atoms with van der Waals surface area (Å²) in [6, 6.07) is 9.50. The summed E-state index contributed by atoms with van der Waals surface area (Å²) in [6.45, 7) is 3.05. The van der Waals surface area contributed by atoms with Crippen LogP contribution in [-0.4, -0.2) is 49.4 Å². The van der Waals surface area contributed by atoms with E-state index in [2.05, 4.69) is 10.2 Å². The minimum atomic E-state index is -0.556. The molecule has 1 saturated heterocycles. The van der Waals surface area contributed by atoms with Crippen molar-refractivity contribution in [2.75, 3.05) is 38.2 Å². The maximum atomic E-state index is 13.8. The van der Waals surface area contributed by atoms with Crippen LogP contribution in [0.25, 0.3) is 0 Å². The van der Waals surface area contributed by atoms with Crippen LogP contribution in [0, 0.1) is 11.7 Å². The van der Waals surface area contributed by atoms with Crippen molar-refractivity contribution in [1.82, 2.24) is 4.90 Å². The summed E-state index contributed by atoms with van der Waals surface area (Å²) in [4.78, 5) is 27.2. The average Bonchev–Trinajstić information content (AvgIpc) is 2.79. The lowest BCUT2D eigenvalue weighted by atomic mass is 9.88. The second kappa shape index (κ2) is 9.66. The zero-order chi connectivity index (χ0) is 21.8. The van der Waals surface area contributed by atoms with Crippen LogP contribution in [0.15, 0.2) is 36.4 Å². The minimum absolute atomic E-state index is 0.0456. The van der Waals surface area contributed by atoms with Gasteiger partial charge in [0.25, 0.3) is 0 Å². The van der Waals surface area contributed by atoms with Crippen LogP contribution in [0.4, 0.5) is 10.1 Å². The highest BCUT2D eigenvalue weighted by Crippen LogP contribution is 2.32. The molecule has 2 aliphatic rings. The normalized spacial score (nSPS) is 16.7. The Bertz CT molecular complexity index is 976. The van der Waals surface area contributed by atoms with Gasteiger partial charge in [0.2, 0.25) is 5.91 Å². The van der Waals surface area contributed by atoms with Crippen molar-refractivity contribution in [2.45, 2.75) is 19.3 Å². The zero-order valence-corrected chi connectivity index (χ0v) is 17.8. The molecule has 0 radical (unpaired) electrons. The van der Waals surface area contributed by atoms with Crippen LogP contribution in [-0.2, 0) is 4.79 Å². The number of halogens is 2. The zero-order valence-electron chi connectivity index (χ0n) is 17.0. The summed E-state index contributed by atoms with van der Waals surface area (Å²) in [5.41, 5.74) is 0.769. The topological polar surface area (TPSA) is 67.9 Å². The van der Waals surface area contributed by atoms with Gasteiger partial charge in [-0.2, -0.15) is 0 Å². The SMILES string of the molecule is O=C(CCN1CCC(C(=O)c2ccc3c(c2)OCCO3)CC1)Nc1ccc(Cl)cc1F. The Balaban J connectivity index is 1.24. The number of benzene rings is 2. The third-order valence-electron chi connectivity index (χ3n) is 5.65. The standard InChI is InChI=1S/C23H24ClFN2O4/c24-17-2-3-19(18(25)14-17)26-22(28)7-10-27-8-5-15(6-9-27)23(29)16-1-4-20-21(13-16)31-12-11-30-20/h1-4,13-15H,5-12H2,(H,26,28). The number of amides is 1. The van der Waals surface area contributed by atoms with Crippen molar-refractivity contribution in [3.63, 3.8) is 0 Å². The summed E-state index contributed by atoms with van der Waals surface area (Å²) in [6.07, 6.45) is 1.73.